The van der Waals surface area contributed by atoms with Gasteiger partial charge >= 0.3 is 0 Å². The average Bonchev–Trinajstić information content (AvgIpc) is 2.19. The fourth-order valence-corrected chi connectivity index (χ4v) is 2.62. The molecule has 2 unspecified atom stereocenters. The summed E-state index contributed by atoms with van der Waals surface area (Å²) in [7, 11) is 0. The van der Waals surface area contributed by atoms with E-state index in [2.05, 4.69) is 20.4 Å². The Morgan fingerprint density at radius 1 is 1.60 bits per heavy atom. The molecule has 1 saturated carbocycles. The lowest BCUT2D eigenvalue weighted by atomic mass is 9.65. The van der Waals surface area contributed by atoms with E-state index in [1.165, 1.54) is 0 Å². The second-order valence-electron chi connectivity index (χ2n) is 5.22. The Hall–Kier alpha value is -0.300. The second-order valence-corrected chi connectivity index (χ2v) is 5.75. The quantitative estimate of drug-likeness (QED) is 0.528. The van der Waals surface area contributed by atoms with Gasteiger partial charge in [-0.15, -0.1) is 11.6 Å². The van der Waals surface area contributed by atoms with Crippen LogP contribution in [0.3, 0.4) is 0 Å². The summed E-state index contributed by atoms with van der Waals surface area (Å²) in [6.07, 6.45) is 3.31. The highest BCUT2D eigenvalue weighted by molar-refractivity contribution is 6.22. The van der Waals surface area contributed by atoms with Gasteiger partial charge < -0.3 is 0 Å². The number of rotatable bonds is 3. The van der Waals surface area contributed by atoms with Crippen LogP contribution in [0.25, 0.3) is 0 Å². The Kier molecular flexibility index (Phi) is 3.99. The summed E-state index contributed by atoms with van der Waals surface area (Å²) in [5, 5.41) is 0.0627. The molecule has 1 nitrogen and oxygen atoms in total. The Balaban J connectivity index is 2.79. The molecule has 0 aromatic carbocycles. The molecular formula is C13H21ClO. The van der Waals surface area contributed by atoms with E-state index in [4.69, 9.17) is 11.6 Å². The zero-order chi connectivity index (χ0) is 11.6. The molecule has 0 heterocycles. The fourth-order valence-electron chi connectivity index (χ4n) is 2.36. The molecule has 0 aromatic heterocycles. The van der Waals surface area contributed by atoms with E-state index in [0.717, 1.165) is 18.4 Å². The van der Waals surface area contributed by atoms with Crippen LogP contribution in [0.2, 0.25) is 0 Å². The monoisotopic (exact) mass is 228 g/mol. The standard InChI is InChI=1S/C13H21ClO/c1-5-10(15)8-11-9(2)12(14)6-7-13(11,3)4/h11-12H,2,5-8H2,1,3-4H3. The molecule has 1 aliphatic carbocycles. The zero-order valence-corrected chi connectivity index (χ0v) is 10.7. The van der Waals surface area contributed by atoms with Gasteiger partial charge in [-0.05, 0) is 24.2 Å². The fraction of sp³-hybridized carbons (Fsp3) is 0.769. The number of ketones is 1. The molecule has 0 radical (unpaired) electrons. The van der Waals surface area contributed by atoms with Gasteiger partial charge in [0, 0.05) is 12.8 Å². The molecule has 1 rings (SSSR count). The van der Waals surface area contributed by atoms with Gasteiger partial charge in [0.15, 0.2) is 0 Å². The zero-order valence-electron chi connectivity index (χ0n) is 9.98. The van der Waals surface area contributed by atoms with Crippen LogP contribution in [-0.2, 0) is 4.79 Å². The van der Waals surface area contributed by atoms with Crippen molar-refractivity contribution in [2.75, 3.05) is 0 Å². The van der Waals surface area contributed by atoms with Gasteiger partial charge in [-0.3, -0.25) is 4.79 Å². The van der Waals surface area contributed by atoms with E-state index < -0.39 is 0 Å². The summed E-state index contributed by atoms with van der Waals surface area (Å²) in [6, 6.07) is 0. The maximum atomic E-state index is 11.5. The van der Waals surface area contributed by atoms with Gasteiger partial charge in [0.25, 0.3) is 0 Å². The third-order valence-corrected chi connectivity index (χ3v) is 4.16. The minimum atomic E-state index is 0.0627. The largest absolute Gasteiger partial charge is 0.300 e. The van der Waals surface area contributed by atoms with Gasteiger partial charge in [-0.1, -0.05) is 32.9 Å². The van der Waals surface area contributed by atoms with E-state index >= 15 is 0 Å². The van der Waals surface area contributed by atoms with Crippen molar-refractivity contribution in [1.29, 1.82) is 0 Å². The SMILES string of the molecule is C=C1C(Cl)CCC(C)(C)C1CC(=O)CC. The van der Waals surface area contributed by atoms with Crippen molar-refractivity contribution in [1.82, 2.24) is 0 Å². The number of hydrogen-bond acceptors (Lipinski definition) is 1. The maximum Gasteiger partial charge on any atom is 0.133 e. The lowest BCUT2D eigenvalue weighted by molar-refractivity contribution is -0.120. The summed E-state index contributed by atoms with van der Waals surface area (Å²) in [5.74, 6) is 0.584. The van der Waals surface area contributed by atoms with Crippen LogP contribution in [0, 0.1) is 11.3 Å². The Morgan fingerprint density at radius 3 is 2.73 bits per heavy atom. The van der Waals surface area contributed by atoms with Crippen molar-refractivity contribution in [3.05, 3.63) is 12.2 Å². The highest BCUT2D eigenvalue weighted by atomic mass is 35.5. The topological polar surface area (TPSA) is 17.1 Å². The lowest BCUT2D eigenvalue weighted by Crippen LogP contribution is -2.35. The van der Waals surface area contributed by atoms with Crippen LogP contribution < -0.4 is 0 Å². The third kappa shape index (κ3) is 2.84. The molecule has 0 spiro atoms. The molecule has 2 atom stereocenters. The molecule has 0 amide bonds. The number of halogens is 1. The summed E-state index contributed by atoms with van der Waals surface area (Å²) in [5.41, 5.74) is 1.24. The summed E-state index contributed by atoms with van der Waals surface area (Å²) in [4.78, 5) is 11.5. The Bertz CT molecular complexity index is 268. The predicted octanol–water partition coefficient (Wildman–Crippen LogP) is 3.96. The molecule has 0 bridgehead atoms. The van der Waals surface area contributed by atoms with Gasteiger partial charge in [0.2, 0.25) is 0 Å². The van der Waals surface area contributed by atoms with Crippen LogP contribution in [0.4, 0.5) is 0 Å². The minimum absolute atomic E-state index is 0.0627. The molecule has 0 N–H and O–H groups in total. The first-order valence-electron chi connectivity index (χ1n) is 5.73. The lowest BCUT2D eigenvalue weighted by Gasteiger charge is -2.42. The van der Waals surface area contributed by atoms with Crippen molar-refractivity contribution < 1.29 is 4.79 Å². The molecule has 0 aliphatic heterocycles. The minimum Gasteiger partial charge on any atom is -0.300 e. The number of hydrogen-bond donors (Lipinski definition) is 0. The van der Waals surface area contributed by atoms with E-state index in [1.54, 1.807) is 0 Å². The summed E-state index contributed by atoms with van der Waals surface area (Å²) < 4.78 is 0. The number of allylic oxidation sites excluding steroid dienone is 1. The number of alkyl halides is 1. The van der Waals surface area contributed by atoms with Crippen molar-refractivity contribution in [2.24, 2.45) is 11.3 Å². The molecule has 0 saturated heterocycles. The Labute approximate surface area is 97.9 Å². The van der Waals surface area contributed by atoms with Gasteiger partial charge in [-0.2, -0.15) is 0 Å². The highest BCUT2D eigenvalue weighted by Crippen LogP contribution is 2.46. The first-order chi connectivity index (χ1) is 6.88. The maximum absolute atomic E-state index is 11.5. The van der Waals surface area contributed by atoms with Gasteiger partial charge in [-0.25, -0.2) is 0 Å². The van der Waals surface area contributed by atoms with E-state index in [0.29, 0.717) is 18.6 Å². The Morgan fingerprint density at radius 2 is 2.20 bits per heavy atom. The number of carbonyl (C=O) groups excluding carboxylic acids is 1. The molecule has 86 valence electrons. The van der Waals surface area contributed by atoms with Gasteiger partial charge in [0.1, 0.15) is 5.78 Å². The van der Waals surface area contributed by atoms with Crippen molar-refractivity contribution in [3.8, 4) is 0 Å². The number of Topliss-reactive ketones (excluding diaryl/α,β-unsaturated/α-hetero) is 1. The van der Waals surface area contributed by atoms with Crippen molar-refractivity contribution in [3.63, 3.8) is 0 Å². The third-order valence-electron chi connectivity index (χ3n) is 3.66. The van der Waals surface area contributed by atoms with E-state index in [1.807, 2.05) is 6.92 Å². The molecule has 1 aliphatic rings. The predicted molar refractivity (Wildman–Crippen MR) is 65.2 cm³/mol. The van der Waals surface area contributed by atoms with Crippen LogP contribution in [0.1, 0.15) is 46.5 Å². The average molecular weight is 229 g/mol. The molecule has 15 heavy (non-hydrogen) atoms. The molecular weight excluding hydrogens is 208 g/mol. The first kappa shape index (κ1) is 12.8. The smallest absolute Gasteiger partial charge is 0.133 e. The highest BCUT2D eigenvalue weighted by Gasteiger charge is 2.39. The van der Waals surface area contributed by atoms with Crippen LogP contribution >= 0.6 is 11.6 Å². The van der Waals surface area contributed by atoms with E-state index in [-0.39, 0.29) is 16.7 Å². The summed E-state index contributed by atoms with van der Waals surface area (Å²) in [6.45, 7) is 10.4. The van der Waals surface area contributed by atoms with Crippen LogP contribution in [-0.4, -0.2) is 11.2 Å². The molecule has 2 heteroatoms. The first-order valence-corrected chi connectivity index (χ1v) is 6.16. The van der Waals surface area contributed by atoms with Crippen LogP contribution in [0.15, 0.2) is 12.2 Å². The normalized spacial score (nSPS) is 30.3. The van der Waals surface area contributed by atoms with E-state index in [9.17, 15) is 4.79 Å². The summed E-state index contributed by atoms with van der Waals surface area (Å²) >= 11 is 6.20. The van der Waals surface area contributed by atoms with Gasteiger partial charge in [0.05, 0.1) is 5.38 Å². The number of carbonyl (C=O) groups is 1. The van der Waals surface area contributed by atoms with Crippen molar-refractivity contribution >= 4 is 17.4 Å². The molecule has 1 fully saturated rings. The second kappa shape index (κ2) is 4.69. The van der Waals surface area contributed by atoms with Crippen LogP contribution in [0.5, 0.6) is 0 Å². The molecule has 0 aromatic rings. The van der Waals surface area contributed by atoms with Crippen molar-refractivity contribution in [2.45, 2.75) is 51.8 Å².